The van der Waals surface area contributed by atoms with E-state index in [9.17, 15) is 4.79 Å². The van der Waals surface area contributed by atoms with Gasteiger partial charge in [-0.25, -0.2) is 0 Å². The molecule has 1 aromatic rings. The molecule has 0 radical (unpaired) electrons. The number of para-hydroxylation sites is 2. The van der Waals surface area contributed by atoms with Crippen molar-refractivity contribution in [3.63, 3.8) is 0 Å². The van der Waals surface area contributed by atoms with Crippen LogP contribution in [0.5, 0.6) is 5.75 Å². The minimum Gasteiger partial charge on any atom is -0.490 e. The average Bonchev–Trinajstić information content (AvgIpc) is 2.59. The smallest absolute Gasteiger partial charge is 0.256 e. The largest absolute Gasteiger partial charge is 0.490 e. The Morgan fingerprint density at radius 3 is 3.05 bits per heavy atom. The summed E-state index contributed by atoms with van der Waals surface area (Å²) >= 11 is 0. The monoisotopic (exact) mass is 305 g/mol. The molecule has 5 nitrogen and oxygen atoms in total. The third-order valence-corrected chi connectivity index (χ3v) is 4.15. The number of amides is 1. The van der Waals surface area contributed by atoms with E-state index < -0.39 is 6.10 Å². The molecule has 2 atom stereocenters. The summed E-state index contributed by atoms with van der Waals surface area (Å²) in [6.07, 6.45) is 2.96. The van der Waals surface area contributed by atoms with Crippen LogP contribution in [0.25, 0.3) is 0 Å². The zero-order valence-corrected chi connectivity index (χ0v) is 13.0. The molecule has 120 valence electrons. The first-order valence-electron chi connectivity index (χ1n) is 8.02. The normalized spacial score (nSPS) is 22.6. The van der Waals surface area contributed by atoms with Crippen LogP contribution < -0.4 is 9.64 Å². The van der Waals surface area contributed by atoms with Crippen LogP contribution in [0.2, 0.25) is 0 Å². The highest BCUT2D eigenvalue weighted by Gasteiger charge is 2.28. The van der Waals surface area contributed by atoms with Crippen LogP contribution in [0, 0.1) is 0 Å². The molecule has 22 heavy (non-hydrogen) atoms. The fourth-order valence-electron chi connectivity index (χ4n) is 2.88. The maximum atomic E-state index is 12.6. The molecule has 0 N–H and O–H groups in total. The van der Waals surface area contributed by atoms with Gasteiger partial charge in [0.2, 0.25) is 0 Å². The van der Waals surface area contributed by atoms with Crippen molar-refractivity contribution >= 4 is 11.6 Å². The van der Waals surface area contributed by atoms with E-state index in [1.807, 2.05) is 31.2 Å². The Hall–Kier alpha value is -1.59. The van der Waals surface area contributed by atoms with Gasteiger partial charge >= 0.3 is 0 Å². The van der Waals surface area contributed by atoms with Crippen LogP contribution in [-0.2, 0) is 14.3 Å². The fourth-order valence-corrected chi connectivity index (χ4v) is 2.88. The molecule has 2 aliphatic rings. The molecule has 1 fully saturated rings. The second-order valence-corrected chi connectivity index (χ2v) is 5.77. The zero-order chi connectivity index (χ0) is 15.4. The van der Waals surface area contributed by atoms with E-state index >= 15 is 0 Å². The predicted molar refractivity (Wildman–Crippen MR) is 83.3 cm³/mol. The number of hydrogen-bond donors (Lipinski definition) is 0. The SMILES string of the molecule is CC(OCC1CCCCO1)C(=O)N1CCOc2ccccc21. The van der Waals surface area contributed by atoms with Gasteiger partial charge in [-0.1, -0.05) is 12.1 Å². The lowest BCUT2D eigenvalue weighted by Gasteiger charge is -2.32. The number of fused-ring (bicyclic) bond motifs is 1. The Balaban J connectivity index is 1.59. The summed E-state index contributed by atoms with van der Waals surface area (Å²) in [6, 6.07) is 7.61. The molecular weight excluding hydrogens is 282 g/mol. The Bertz CT molecular complexity index is 513. The molecule has 2 heterocycles. The molecule has 2 unspecified atom stereocenters. The second kappa shape index (κ2) is 7.11. The minimum atomic E-state index is -0.475. The van der Waals surface area contributed by atoms with Crippen molar-refractivity contribution in [1.82, 2.24) is 0 Å². The van der Waals surface area contributed by atoms with Crippen LogP contribution >= 0.6 is 0 Å². The Morgan fingerprint density at radius 2 is 2.23 bits per heavy atom. The van der Waals surface area contributed by atoms with Gasteiger partial charge < -0.3 is 19.1 Å². The first-order chi connectivity index (χ1) is 10.8. The van der Waals surface area contributed by atoms with Gasteiger partial charge in [0.05, 0.1) is 24.9 Å². The third-order valence-electron chi connectivity index (χ3n) is 4.15. The summed E-state index contributed by atoms with van der Waals surface area (Å²) in [5, 5.41) is 0. The van der Waals surface area contributed by atoms with Gasteiger partial charge in [0.25, 0.3) is 5.91 Å². The van der Waals surface area contributed by atoms with Gasteiger partial charge in [-0.15, -0.1) is 0 Å². The molecule has 0 aromatic heterocycles. The zero-order valence-electron chi connectivity index (χ0n) is 13.0. The predicted octanol–water partition coefficient (Wildman–Crippen LogP) is 2.39. The number of rotatable bonds is 4. The van der Waals surface area contributed by atoms with Gasteiger partial charge in [0.1, 0.15) is 18.5 Å². The molecule has 1 saturated heterocycles. The van der Waals surface area contributed by atoms with Crippen molar-refractivity contribution in [1.29, 1.82) is 0 Å². The van der Waals surface area contributed by atoms with Crippen molar-refractivity contribution < 1.29 is 19.0 Å². The van der Waals surface area contributed by atoms with Crippen LogP contribution in [-0.4, -0.2) is 44.5 Å². The van der Waals surface area contributed by atoms with Gasteiger partial charge in [0.15, 0.2) is 0 Å². The standard InChI is InChI=1S/C17H23NO4/c1-13(22-12-14-6-4-5-10-20-14)17(19)18-9-11-21-16-8-3-2-7-15(16)18/h2-3,7-8,13-14H,4-6,9-12H2,1H3. The van der Waals surface area contributed by atoms with E-state index in [1.165, 1.54) is 6.42 Å². The van der Waals surface area contributed by atoms with Crippen molar-refractivity contribution in [2.24, 2.45) is 0 Å². The van der Waals surface area contributed by atoms with Crippen LogP contribution in [0.15, 0.2) is 24.3 Å². The molecule has 2 aliphatic heterocycles. The van der Waals surface area contributed by atoms with Crippen LogP contribution in [0.3, 0.4) is 0 Å². The number of carbonyl (C=O) groups excluding carboxylic acids is 1. The quantitative estimate of drug-likeness (QED) is 0.857. The Labute approximate surface area is 131 Å². The van der Waals surface area contributed by atoms with Gasteiger partial charge in [-0.05, 0) is 38.3 Å². The lowest BCUT2D eigenvalue weighted by molar-refractivity contribution is -0.133. The highest BCUT2D eigenvalue weighted by molar-refractivity contribution is 5.98. The van der Waals surface area contributed by atoms with E-state index in [1.54, 1.807) is 4.90 Å². The number of ether oxygens (including phenoxy) is 3. The highest BCUT2D eigenvalue weighted by Crippen LogP contribution is 2.31. The first-order valence-corrected chi connectivity index (χ1v) is 8.02. The summed E-state index contributed by atoms with van der Waals surface area (Å²) in [6.45, 7) is 4.17. The number of nitrogens with zero attached hydrogens (tertiary/aromatic N) is 1. The Morgan fingerprint density at radius 1 is 1.36 bits per heavy atom. The highest BCUT2D eigenvalue weighted by atomic mass is 16.5. The average molecular weight is 305 g/mol. The molecule has 0 bridgehead atoms. The molecule has 3 rings (SSSR count). The molecule has 0 saturated carbocycles. The summed E-state index contributed by atoms with van der Waals surface area (Å²) in [5.41, 5.74) is 0.822. The number of hydrogen-bond acceptors (Lipinski definition) is 4. The van der Waals surface area contributed by atoms with Gasteiger partial charge in [-0.3, -0.25) is 4.79 Å². The molecule has 0 spiro atoms. The molecule has 0 aliphatic carbocycles. The first kappa shape index (κ1) is 15.3. The number of anilines is 1. The van der Waals surface area contributed by atoms with E-state index in [4.69, 9.17) is 14.2 Å². The van der Waals surface area contributed by atoms with E-state index in [-0.39, 0.29) is 12.0 Å². The third kappa shape index (κ3) is 3.42. The van der Waals surface area contributed by atoms with E-state index in [0.717, 1.165) is 30.9 Å². The lowest BCUT2D eigenvalue weighted by Crippen LogP contribution is -2.44. The Kier molecular flexibility index (Phi) is 4.95. The lowest BCUT2D eigenvalue weighted by atomic mass is 10.1. The minimum absolute atomic E-state index is 0.0217. The molecule has 1 aromatic carbocycles. The molecule has 5 heteroatoms. The second-order valence-electron chi connectivity index (χ2n) is 5.77. The van der Waals surface area contributed by atoms with Crippen LogP contribution in [0.4, 0.5) is 5.69 Å². The summed E-state index contributed by atoms with van der Waals surface area (Å²) in [5.74, 6) is 0.733. The van der Waals surface area contributed by atoms with Crippen molar-refractivity contribution in [2.75, 3.05) is 31.3 Å². The summed E-state index contributed by atoms with van der Waals surface area (Å²) in [4.78, 5) is 14.4. The van der Waals surface area contributed by atoms with Crippen molar-refractivity contribution in [2.45, 2.75) is 38.4 Å². The maximum Gasteiger partial charge on any atom is 0.256 e. The van der Waals surface area contributed by atoms with Crippen LogP contribution in [0.1, 0.15) is 26.2 Å². The van der Waals surface area contributed by atoms with Crippen molar-refractivity contribution in [3.05, 3.63) is 24.3 Å². The number of benzene rings is 1. The van der Waals surface area contributed by atoms with Gasteiger partial charge in [-0.2, -0.15) is 0 Å². The maximum absolute atomic E-state index is 12.6. The number of carbonyl (C=O) groups is 1. The molecular formula is C17H23NO4. The van der Waals surface area contributed by atoms with Gasteiger partial charge in [0, 0.05) is 6.61 Å². The summed E-state index contributed by atoms with van der Waals surface area (Å²) in [7, 11) is 0. The summed E-state index contributed by atoms with van der Waals surface area (Å²) < 4.78 is 17.0. The molecule has 1 amide bonds. The van der Waals surface area contributed by atoms with E-state index in [0.29, 0.717) is 19.8 Å². The van der Waals surface area contributed by atoms with Crippen molar-refractivity contribution in [3.8, 4) is 5.75 Å². The van der Waals surface area contributed by atoms with E-state index in [2.05, 4.69) is 0 Å². The topological polar surface area (TPSA) is 48.0 Å². The fraction of sp³-hybridized carbons (Fsp3) is 0.588.